The minimum Gasteiger partial charge on any atom is -0.325 e. The maximum Gasteiger partial charge on any atom is 0.416 e. The highest BCUT2D eigenvalue weighted by Gasteiger charge is 2.38. The summed E-state index contributed by atoms with van der Waals surface area (Å²) in [6, 6.07) is 12.3. The quantitative estimate of drug-likeness (QED) is 0.862. The van der Waals surface area contributed by atoms with Gasteiger partial charge in [-0.15, -0.1) is 0 Å². The number of benzene rings is 2. The van der Waals surface area contributed by atoms with Crippen molar-refractivity contribution in [1.29, 1.82) is 0 Å². The molecule has 1 atom stereocenters. The first-order valence-corrected chi connectivity index (χ1v) is 7.45. The minimum absolute atomic E-state index is 0.0629. The fourth-order valence-corrected chi connectivity index (χ4v) is 2.81. The highest BCUT2D eigenvalue weighted by molar-refractivity contribution is 6.16. The molecule has 24 heavy (non-hydrogen) atoms. The van der Waals surface area contributed by atoms with Crippen LogP contribution in [-0.2, 0) is 22.2 Å². The molecule has 3 nitrogen and oxygen atoms in total. The number of fused-ring (bicyclic) bond motifs is 1. The van der Waals surface area contributed by atoms with Crippen LogP contribution in [0.1, 0.15) is 29.0 Å². The standard InChI is InChI=1S/C18H14F3NO2/c19-18(20,21)12-7-8-13-14(10-12)22-17(24)16(13)15(23)9-6-11-4-2-1-3-5-11/h1-5,7-8,10,16H,6,9H2,(H,22,24). The van der Waals surface area contributed by atoms with Gasteiger partial charge in [0.05, 0.1) is 5.56 Å². The summed E-state index contributed by atoms with van der Waals surface area (Å²) in [7, 11) is 0. The van der Waals surface area contributed by atoms with E-state index in [1.165, 1.54) is 6.07 Å². The molecule has 0 aliphatic carbocycles. The van der Waals surface area contributed by atoms with E-state index in [9.17, 15) is 22.8 Å². The Morgan fingerprint density at radius 2 is 1.79 bits per heavy atom. The summed E-state index contributed by atoms with van der Waals surface area (Å²) in [6.07, 6.45) is -3.85. The van der Waals surface area contributed by atoms with Crippen LogP contribution in [0.25, 0.3) is 0 Å². The molecule has 0 aromatic heterocycles. The SMILES string of the molecule is O=C(CCc1ccccc1)C1C(=O)Nc2cc(C(F)(F)F)ccc21. The van der Waals surface area contributed by atoms with Crippen molar-refractivity contribution in [3.63, 3.8) is 0 Å². The van der Waals surface area contributed by atoms with Crippen LogP contribution in [0.3, 0.4) is 0 Å². The molecule has 2 aromatic rings. The number of Topliss-reactive ketones (excluding diaryl/α,β-unsaturated/α-hetero) is 1. The van der Waals surface area contributed by atoms with Crippen LogP contribution in [0.4, 0.5) is 18.9 Å². The number of carbonyl (C=O) groups excluding carboxylic acids is 2. The number of amides is 1. The lowest BCUT2D eigenvalue weighted by Gasteiger charge is -2.10. The second-order valence-electron chi connectivity index (χ2n) is 5.67. The fourth-order valence-electron chi connectivity index (χ4n) is 2.81. The lowest BCUT2D eigenvalue weighted by Crippen LogP contribution is -2.21. The summed E-state index contributed by atoms with van der Waals surface area (Å²) in [4.78, 5) is 24.4. The molecule has 0 fully saturated rings. The molecule has 0 saturated heterocycles. The molecular weight excluding hydrogens is 319 g/mol. The Morgan fingerprint density at radius 3 is 2.46 bits per heavy atom. The third-order valence-corrected chi connectivity index (χ3v) is 4.04. The van der Waals surface area contributed by atoms with Gasteiger partial charge in [0.25, 0.3) is 0 Å². The van der Waals surface area contributed by atoms with Crippen LogP contribution in [0.5, 0.6) is 0 Å². The first-order chi connectivity index (χ1) is 11.4. The maximum atomic E-state index is 12.7. The second-order valence-corrected chi connectivity index (χ2v) is 5.67. The van der Waals surface area contributed by atoms with Crippen molar-refractivity contribution in [2.24, 2.45) is 0 Å². The molecule has 0 bridgehead atoms. The number of anilines is 1. The van der Waals surface area contributed by atoms with Gasteiger partial charge >= 0.3 is 6.18 Å². The zero-order valence-corrected chi connectivity index (χ0v) is 12.6. The average Bonchev–Trinajstić information content (AvgIpc) is 2.87. The summed E-state index contributed by atoms with van der Waals surface area (Å²) < 4.78 is 38.2. The molecule has 1 aliphatic rings. The van der Waals surface area contributed by atoms with Crippen LogP contribution in [-0.4, -0.2) is 11.7 Å². The number of aryl methyl sites for hydroxylation is 1. The van der Waals surface area contributed by atoms with Gasteiger partial charge in [0.1, 0.15) is 11.7 Å². The molecule has 1 N–H and O–H groups in total. The number of alkyl halides is 3. The Kier molecular flexibility index (Phi) is 4.13. The number of halogens is 3. The van der Waals surface area contributed by atoms with Gasteiger partial charge in [-0.25, -0.2) is 0 Å². The number of hydrogen-bond donors (Lipinski definition) is 1. The van der Waals surface area contributed by atoms with Crippen molar-refractivity contribution in [2.75, 3.05) is 5.32 Å². The lowest BCUT2D eigenvalue weighted by molar-refractivity contribution is -0.137. The van der Waals surface area contributed by atoms with Gasteiger partial charge in [0.15, 0.2) is 0 Å². The minimum atomic E-state index is -4.49. The van der Waals surface area contributed by atoms with Crippen molar-refractivity contribution in [3.8, 4) is 0 Å². The number of hydrogen-bond acceptors (Lipinski definition) is 2. The van der Waals surface area contributed by atoms with Crippen LogP contribution in [0.15, 0.2) is 48.5 Å². The van der Waals surface area contributed by atoms with E-state index in [4.69, 9.17) is 0 Å². The zero-order valence-electron chi connectivity index (χ0n) is 12.6. The molecule has 2 aromatic carbocycles. The molecule has 0 saturated carbocycles. The van der Waals surface area contributed by atoms with E-state index < -0.39 is 23.6 Å². The number of rotatable bonds is 4. The molecule has 1 heterocycles. The molecule has 6 heteroatoms. The number of ketones is 1. The van der Waals surface area contributed by atoms with Crippen molar-refractivity contribution < 1.29 is 22.8 Å². The topological polar surface area (TPSA) is 46.2 Å². The van der Waals surface area contributed by atoms with Crippen molar-refractivity contribution in [2.45, 2.75) is 24.9 Å². The Balaban J connectivity index is 1.78. The van der Waals surface area contributed by atoms with Crippen molar-refractivity contribution in [3.05, 3.63) is 65.2 Å². The molecular formula is C18H14F3NO2. The molecule has 124 valence electrons. The summed E-state index contributed by atoms with van der Waals surface area (Å²) in [5, 5.41) is 2.38. The van der Waals surface area contributed by atoms with Gasteiger partial charge in [0.2, 0.25) is 5.91 Å². The normalized spacial score (nSPS) is 16.6. The first-order valence-electron chi connectivity index (χ1n) is 7.45. The Morgan fingerprint density at radius 1 is 1.08 bits per heavy atom. The Bertz CT molecular complexity index is 785. The van der Waals surface area contributed by atoms with Gasteiger partial charge in [-0.05, 0) is 29.7 Å². The molecule has 1 amide bonds. The summed E-state index contributed by atoms with van der Waals surface area (Å²) in [6.45, 7) is 0. The predicted octanol–water partition coefficient (Wildman–Crippen LogP) is 3.94. The molecule has 0 spiro atoms. The van der Waals surface area contributed by atoms with Crippen LogP contribution < -0.4 is 5.32 Å². The molecule has 1 unspecified atom stereocenters. The second kappa shape index (κ2) is 6.11. The molecule has 3 rings (SSSR count). The lowest BCUT2D eigenvalue weighted by atomic mass is 9.92. The van der Waals surface area contributed by atoms with Gasteiger partial charge in [-0.1, -0.05) is 36.4 Å². The van der Waals surface area contributed by atoms with Crippen molar-refractivity contribution in [1.82, 2.24) is 0 Å². The van der Waals surface area contributed by atoms with Crippen LogP contribution >= 0.6 is 0 Å². The van der Waals surface area contributed by atoms with E-state index in [0.29, 0.717) is 12.0 Å². The fraction of sp³-hybridized carbons (Fsp3) is 0.222. The van der Waals surface area contributed by atoms with Gasteiger partial charge < -0.3 is 5.32 Å². The highest BCUT2D eigenvalue weighted by atomic mass is 19.4. The van der Waals surface area contributed by atoms with Gasteiger partial charge in [0, 0.05) is 12.1 Å². The number of carbonyl (C=O) groups is 2. The van der Waals surface area contributed by atoms with Gasteiger partial charge in [-0.3, -0.25) is 9.59 Å². The third-order valence-electron chi connectivity index (χ3n) is 4.04. The average molecular weight is 333 g/mol. The van der Waals surface area contributed by atoms with Crippen molar-refractivity contribution >= 4 is 17.4 Å². The van der Waals surface area contributed by atoms with E-state index in [0.717, 1.165) is 17.7 Å². The highest BCUT2D eigenvalue weighted by Crippen LogP contribution is 2.38. The summed E-state index contributed by atoms with van der Waals surface area (Å²) in [5.41, 5.74) is 0.495. The summed E-state index contributed by atoms with van der Waals surface area (Å²) in [5.74, 6) is -1.90. The molecule has 0 radical (unpaired) electrons. The maximum absolute atomic E-state index is 12.7. The smallest absolute Gasteiger partial charge is 0.325 e. The Hall–Kier alpha value is -2.63. The monoisotopic (exact) mass is 333 g/mol. The first kappa shape index (κ1) is 16.2. The van der Waals surface area contributed by atoms with E-state index in [1.54, 1.807) is 0 Å². The largest absolute Gasteiger partial charge is 0.416 e. The van der Waals surface area contributed by atoms with E-state index in [1.807, 2.05) is 30.3 Å². The van der Waals surface area contributed by atoms with E-state index >= 15 is 0 Å². The summed E-state index contributed by atoms with van der Waals surface area (Å²) >= 11 is 0. The Labute approximate surface area is 136 Å². The van der Waals surface area contributed by atoms with Crippen LogP contribution in [0, 0.1) is 0 Å². The zero-order chi connectivity index (χ0) is 17.3. The molecule has 1 aliphatic heterocycles. The van der Waals surface area contributed by atoms with Crippen LogP contribution in [0.2, 0.25) is 0 Å². The third kappa shape index (κ3) is 3.18. The van der Waals surface area contributed by atoms with E-state index in [-0.39, 0.29) is 17.9 Å². The predicted molar refractivity (Wildman–Crippen MR) is 82.6 cm³/mol. The van der Waals surface area contributed by atoms with E-state index in [2.05, 4.69) is 5.32 Å². The number of nitrogens with one attached hydrogen (secondary N) is 1. The van der Waals surface area contributed by atoms with Gasteiger partial charge in [-0.2, -0.15) is 13.2 Å².